The Hall–Kier alpha value is -2.11. The highest BCUT2D eigenvalue weighted by atomic mass is 19.1. The fourth-order valence-corrected chi connectivity index (χ4v) is 1.85. The number of aliphatic imine (C=N–C) groups is 1. The zero-order valence-electron chi connectivity index (χ0n) is 14.6. The largest absolute Gasteiger partial charge is 0.355 e. The van der Waals surface area contributed by atoms with Gasteiger partial charge in [-0.2, -0.15) is 0 Å². The minimum Gasteiger partial charge on any atom is -0.355 e. The molecule has 0 aromatic heterocycles. The fraction of sp³-hybridized carbons (Fsp3) is 0.529. The Morgan fingerprint density at radius 1 is 1.17 bits per heavy atom. The summed E-state index contributed by atoms with van der Waals surface area (Å²) in [5.41, 5.74) is 1.21. The Morgan fingerprint density at radius 2 is 1.83 bits per heavy atom. The van der Waals surface area contributed by atoms with Crippen molar-refractivity contribution in [3.05, 3.63) is 35.1 Å². The van der Waals surface area contributed by atoms with E-state index in [0.717, 1.165) is 5.56 Å². The summed E-state index contributed by atoms with van der Waals surface area (Å²) in [5, 5.41) is 9.14. The lowest BCUT2D eigenvalue weighted by atomic mass is 9.96. The first-order chi connectivity index (χ1) is 10.7. The zero-order chi connectivity index (χ0) is 17.5. The number of halogens is 1. The molecule has 23 heavy (non-hydrogen) atoms. The van der Waals surface area contributed by atoms with E-state index >= 15 is 0 Å². The van der Waals surface area contributed by atoms with Crippen LogP contribution in [-0.2, 0) is 11.3 Å². The van der Waals surface area contributed by atoms with Crippen molar-refractivity contribution in [1.82, 2.24) is 16.0 Å². The van der Waals surface area contributed by atoms with Gasteiger partial charge in [-0.1, -0.05) is 32.9 Å². The van der Waals surface area contributed by atoms with Gasteiger partial charge in [-0.05, 0) is 24.1 Å². The van der Waals surface area contributed by atoms with Gasteiger partial charge in [0.05, 0.1) is 0 Å². The molecular formula is C17H27FN4O. The number of rotatable bonds is 5. The molecule has 0 aliphatic heterocycles. The second-order valence-corrected chi connectivity index (χ2v) is 6.44. The predicted molar refractivity (Wildman–Crippen MR) is 91.8 cm³/mol. The van der Waals surface area contributed by atoms with Crippen LogP contribution in [0.3, 0.4) is 0 Å². The van der Waals surface area contributed by atoms with Crippen molar-refractivity contribution in [2.24, 2.45) is 10.4 Å². The van der Waals surface area contributed by atoms with E-state index in [0.29, 0.717) is 31.2 Å². The summed E-state index contributed by atoms with van der Waals surface area (Å²) in [4.78, 5) is 15.8. The number of hydrogen-bond acceptors (Lipinski definition) is 2. The molecule has 1 rings (SSSR count). The fourth-order valence-electron chi connectivity index (χ4n) is 1.85. The van der Waals surface area contributed by atoms with Crippen LogP contribution in [0.25, 0.3) is 0 Å². The van der Waals surface area contributed by atoms with Crippen molar-refractivity contribution in [3.63, 3.8) is 0 Å². The highest BCUT2D eigenvalue weighted by Gasteiger charge is 2.20. The molecule has 1 aromatic rings. The lowest BCUT2D eigenvalue weighted by Crippen LogP contribution is -2.43. The van der Waals surface area contributed by atoms with Crippen molar-refractivity contribution >= 4 is 11.9 Å². The summed E-state index contributed by atoms with van der Waals surface area (Å²) < 4.78 is 13.2. The monoisotopic (exact) mass is 322 g/mol. The molecule has 1 amide bonds. The number of hydrogen-bond donors (Lipinski definition) is 3. The van der Waals surface area contributed by atoms with E-state index in [1.807, 2.05) is 20.8 Å². The SMILES string of the molecule is CN=C(NCCNC(=O)C(C)(C)C)NCc1ccc(F)c(C)c1. The van der Waals surface area contributed by atoms with Crippen molar-refractivity contribution < 1.29 is 9.18 Å². The molecule has 0 bridgehead atoms. The quantitative estimate of drug-likeness (QED) is 0.441. The first-order valence-corrected chi connectivity index (χ1v) is 7.72. The highest BCUT2D eigenvalue weighted by molar-refractivity contribution is 5.81. The molecule has 0 radical (unpaired) electrons. The standard InChI is InChI=1S/C17H27FN4O/c1-12-10-13(6-7-14(12)18)11-22-16(19-5)21-9-8-20-15(23)17(2,3)4/h6-7,10H,8-9,11H2,1-5H3,(H,20,23)(H2,19,21,22). The van der Waals surface area contributed by atoms with Crippen molar-refractivity contribution in [2.75, 3.05) is 20.1 Å². The molecule has 0 spiro atoms. The van der Waals surface area contributed by atoms with E-state index < -0.39 is 0 Å². The van der Waals surface area contributed by atoms with Gasteiger partial charge in [-0.25, -0.2) is 4.39 Å². The number of nitrogens with one attached hydrogen (secondary N) is 3. The molecule has 0 unspecified atom stereocenters. The Morgan fingerprint density at radius 3 is 2.39 bits per heavy atom. The smallest absolute Gasteiger partial charge is 0.225 e. The zero-order valence-corrected chi connectivity index (χ0v) is 14.6. The maximum absolute atomic E-state index is 13.2. The van der Waals surface area contributed by atoms with Crippen LogP contribution in [0.4, 0.5) is 4.39 Å². The minimum atomic E-state index is -0.389. The summed E-state index contributed by atoms with van der Waals surface area (Å²) in [7, 11) is 1.68. The van der Waals surface area contributed by atoms with Crippen LogP contribution in [0.1, 0.15) is 31.9 Å². The number of aryl methyl sites for hydroxylation is 1. The molecular weight excluding hydrogens is 295 g/mol. The molecule has 0 heterocycles. The molecule has 0 atom stereocenters. The molecule has 0 aliphatic carbocycles. The van der Waals surface area contributed by atoms with Gasteiger partial charge in [-0.15, -0.1) is 0 Å². The van der Waals surface area contributed by atoms with E-state index in [2.05, 4.69) is 20.9 Å². The summed E-state index contributed by atoms with van der Waals surface area (Å²) in [5.74, 6) is 0.451. The van der Waals surface area contributed by atoms with Crippen LogP contribution in [0.2, 0.25) is 0 Å². The Balaban J connectivity index is 2.35. The first-order valence-electron chi connectivity index (χ1n) is 7.72. The molecule has 5 nitrogen and oxygen atoms in total. The van der Waals surface area contributed by atoms with Crippen LogP contribution in [0.5, 0.6) is 0 Å². The molecule has 0 saturated heterocycles. The Bertz CT molecular complexity index is 564. The Kier molecular flexibility index (Phi) is 7.00. The second-order valence-electron chi connectivity index (χ2n) is 6.44. The molecule has 6 heteroatoms. The Labute approximate surface area is 137 Å². The molecule has 0 fully saturated rings. The predicted octanol–water partition coefficient (Wildman–Crippen LogP) is 1.96. The summed E-state index contributed by atoms with van der Waals surface area (Å²) >= 11 is 0. The van der Waals surface area contributed by atoms with Gasteiger partial charge in [0.15, 0.2) is 5.96 Å². The van der Waals surface area contributed by atoms with E-state index in [9.17, 15) is 9.18 Å². The van der Waals surface area contributed by atoms with Gasteiger partial charge >= 0.3 is 0 Å². The molecule has 0 aliphatic rings. The molecule has 0 saturated carbocycles. The summed E-state index contributed by atoms with van der Waals surface area (Å²) in [6.45, 7) is 9.01. The van der Waals surface area contributed by atoms with Gasteiger partial charge in [0.1, 0.15) is 5.82 Å². The average Bonchev–Trinajstić information content (AvgIpc) is 2.48. The van der Waals surface area contributed by atoms with Crippen LogP contribution < -0.4 is 16.0 Å². The number of guanidine groups is 1. The topological polar surface area (TPSA) is 65.5 Å². The maximum atomic E-state index is 13.2. The van der Waals surface area contributed by atoms with Crippen molar-refractivity contribution in [2.45, 2.75) is 34.2 Å². The van der Waals surface area contributed by atoms with Gasteiger partial charge in [0.25, 0.3) is 0 Å². The average molecular weight is 322 g/mol. The van der Waals surface area contributed by atoms with Crippen LogP contribution in [0.15, 0.2) is 23.2 Å². The normalized spacial score (nSPS) is 12.0. The summed E-state index contributed by atoms with van der Waals surface area (Å²) in [6, 6.07) is 5.01. The van der Waals surface area contributed by atoms with Gasteiger partial charge in [0.2, 0.25) is 5.91 Å². The number of nitrogens with zero attached hydrogens (tertiary/aromatic N) is 1. The third-order valence-electron chi connectivity index (χ3n) is 3.29. The number of carbonyl (C=O) groups is 1. The molecule has 128 valence electrons. The van der Waals surface area contributed by atoms with Crippen molar-refractivity contribution in [1.29, 1.82) is 0 Å². The van der Waals surface area contributed by atoms with Crippen molar-refractivity contribution in [3.8, 4) is 0 Å². The van der Waals surface area contributed by atoms with Gasteiger partial charge in [-0.3, -0.25) is 9.79 Å². The van der Waals surface area contributed by atoms with E-state index in [-0.39, 0.29) is 17.1 Å². The third kappa shape index (κ3) is 6.67. The minimum absolute atomic E-state index is 0.0176. The highest BCUT2D eigenvalue weighted by Crippen LogP contribution is 2.11. The molecule has 1 aromatic carbocycles. The second kappa shape index (κ2) is 8.50. The van der Waals surface area contributed by atoms with Crippen LogP contribution in [-0.4, -0.2) is 32.0 Å². The van der Waals surface area contributed by atoms with E-state index in [1.165, 1.54) is 6.07 Å². The van der Waals surface area contributed by atoms with E-state index in [1.54, 1.807) is 26.1 Å². The van der Waals surface area contributed by atoms with Crippen LogP contribution in [0, 0.1) is 18.2 Å². The number of benzene rings is 1. The molecule has 3 N–H and O–H groups in total. The van der Waals surface area contributed by atoms with Gasteiger partial charge < -0.3 is 16.0 Å². The lowest BCUT2D eigenvalue weighted by Gasteiger charge is -2.18. The first kappa shape index (κ1) is 18.9. The number of amides is 1. The van der Waals surface area contributed by atoms with Gasteiger partial charge in [0, 0.05) is 32.1 Å². The third-order valence-corrected chi connectivity index (χ3v) is 3.29. The maximum Gasteiger partial charge on any atom is 0.225 e. The van der Waals surface area contributed by atoms with Crippen LogP contribution >= 0.6 is 0 Å². The van der Waals surface area contributed by atoms with E-state index in [4.69, 9.17) is 0 Å². The lowest BCUT2D eigenvalue weighted by molar-refractivity contribution is -0.128. The number of carbonyl (C=O) groups excluding carboxylic acids is 1. The summed E-state index contributed by atoms with van der Waals surface area (Å²) in [6.07, 6.45) is 0.